The Morgan fingerprint density at radius 3 is 2.52 bits per heavy atom. The Balaban J connectivity index is 2.38. The molecule has 0 saturated carbocycles. The van der Waals surface area contributed by atoms with Gasteiger partial charge in [0, 0.05) is 24.7 Å². The van der Waals surface area contributed by atoms with Crippen molar-refractivity contribution < 1.29 is 14.8 Å². The van der Waals surface area contributed by atoms with Gasteiger partial charge < -0.3 is 10.0 Å². The van der Waals surface area contributed by atoms with Crippen molar-refractivity contribution >= 4 is 40.5 Å². The molecular weight excluding hydrogens is 319 g/mol. The van der Waals surface area contributed by atoms with Gasteiger partial charge in [-0.05, 0) is 19.3 Å². The van der Waals surface area contributed by atoms with Crippen LogP contribution in [-0.2, 0) is 4.79 Å². The minimum atomic E-state index is -0.888. The number of non-ortho nitro benzene ring substituents is 1. The van der Waals surface area contributed by atoms with E-state index in [2.05, 4.69) is 0 Å². The van der Waals surface area contributed by atoms with Crippen LogP contribution in [0.15, 0.2) is 12.1 Å². The van der Waals surface area contributed by atoms with Crippen molar-refractivity contribution in [2.45, 2.75) is 31.7 Å². The summed E-state index contributed by atoms with van der Waals surface area (Å²) in [4.78, 5) is 23.1. The highest BCUT2D eigenvalue weighted by atomic mass is 35.5. The van der Waals surface area contributed by atoms with Crippen LogP contribution in [0.1, 0.15) is 25.7 Å². The van der Waals surface area contributed by atoms with Gasteiger partial charge in [-0.1, -0.05) is 23.2 Å². The van der Waals surface area contributed by atoms with Gasteiger partial charge in [0.15, 0.2) is 0 Å². The SMILES string of the molecule is O=C(O)CC1CCCCN1c1c(Cl)cc([N+](=O)[O-])cc1Cl. The first-order chi connectivity index (χ1) is 9.90. The van der Waals surface area contributed by atoms with Gasteiger partial charge in [0.25, 0.3) is 5.69 Å². The van der Waals surface area contributed by atoms with Crippen LogP contribution >= 0.6 is 23.2 Å². The highest BCUT2D eigenvalue weighted by molar-refractivity contribution is 6.39. The molecule has 0 spiro atoms. The van der Waals surface area contributed by atoms with E-state index >= 15 is 0 Å². The molecule has 1 aliphatic heterocycles. The minimum Gasteiger partial charge on any atom is -0.481 e. The van der Waals surface area contributed by atoms with Crippen LogP contribution in [0.4, 0.5) is 11.4 Å². The highest BCUT2D eigenvalue weighted by Gasteiger charge is 2.29. The Hall–Kier alpha value is -1.53. The molecule has 0 amide bonds. The zero-order valence-electron chi connectivity index (χ0n) is 11.1. The second-order valence-electron chi connectivity index (χ2n) is 4.96. The second-order valence-corrected chi connectivity index (χ2v) is 5.77. The predicted molar refractivity (Wildman–Crippen MR) is 80.4 cm³/mol. The average Bonchev–Trinajstić information content (AvgIpc) is 2.39. The smallest absolute Gasteiger partial charge is 0.305 e. The summed E-state index contributed by atoms with van der Waals surface area (Å²) in [5, 5.41) is 20.1. The number of carbonyl (C=O) groups is 1. The zero-order valence-corrected chi connectivity index (χ0v) is 12.6. The van der Waals surface area contributed by atoms with E-state index in [0.29, 0.717) is 12.2 Å². The van der Waals surface area contributed by atoms with Crippen molar-refractivity contribution in [3.8, 4) is 0 Å². The molecule has 21 heavy (non-hydrogen) atoms. The summed E-state index contributed by atoms with van der Waals surface area (Å²) in [6.45, 7) is 0.634. The molecule has 2 rings (SSSR count). The van der Waals surface area contributed by atoms with Crippen molar-refractivity contribution in [3.63, 3.8) is 0 Å². The molecule has 1 heterocycles. The van der Waals surface area contributed by atoms with E-state index in [1.54, 1.807) is 0 Å². The van der Waals surface area contributed by atoms with E-state index in [-0.39, 0.29) is 28.2 Å². The fourth-order valence-electron chi connectivity index (χ4n) is 2.64. The average molecular weight is 333 g/mol. The van der Waals surface area contributed by atoms with E-state index in [0.717, 1.165) is 19.3 Å². The number of halogens is 2. The third-order valence-electron chi connectivity index (χ3n) is 3.54. The first-order valence-electron chi connectivity index (χ1n) is 6.52. The quantitative estimate of drug-likeness (QED) is 0.670. The number of aliphatic carboxylic acids is 1. The molecule has 1 saturated heterocycles. The van der Waals surface area contributed by atoms with Gasteiger partial charge in [0.05, 0.1) is 27.1 Å². The molecular formula is C13H14Cl2N2O4. The van der Waals surface area contributed by atoms with Crippen LogP contribution < -0.4 is 4.90 Å². The number of nitro benzene ring substituents is 1. The number of nitrogens with zero attached hydrogens (tertiary/aromatic N) is 2. The summed E-state index contributed by atoms with van der Waals surface area (Å²) >= 11 is 12.3. The normalized spacial score (nSPS) is 18.6. The lowest BCUT2D eigenvalue weighted by Gasteiger charge is -2.37. The minimum absolute atomic E-state index is 0.0103. The maximum atomic E-state index is 11.0. The molecule has 1 aromatic rings. The van der Waals surface area contributed by atoms with Crippen molar-refractivity contribution in [3.05, 3.63) is 32.3 Å². The van der Waals surface area contributed by atoms with Crippen LogP contribution in [0, 0.1) is 10.1 Å². The Bertz CT molecular complexity index is 556. The van der Waals surface area contributed by atoms with Gasteiger partial charge in [-0.25, -0.2) is 0 Å². The summed E-state index contributed by atoms with van der Waals surface area (Å²) in [6, 6.07) is 2.29. The topological polar surface area (TPSA) is 83.7 Å². The third kappa shape index (κ3) is 3.57. The molecule has 8 heteroatoms. The number of hydrogen-bond acceptors (Lipinski definition) is 4. The molecule has 1 atom stereocenters. The Morgan fingerprint density at radius 1 is 1.38 bits per heavy atom. The summed E-state index contributed by atoms with van der Waals surface area (Å²) in [5.41, 5.74) is 0.301. The zero-order chi connectivity index (χ0) is 15.6. The number of nitro groups is 1. The molecule has 1 unspecified atom stereocenters. The Labute approximate surface area is 131 Å². The standard InChI is InChI=1S/C13H14Cl2N2O4/c14-10-5-9(17(20)21)6-11(15)13(10)16-4-2-1-3-8(16)7-12(18)19/h5-6,8H,1-4,7H2,(H,18,19). The molecule has 114 valence electrons. The second kappa shape index (κ2) is 6.49. The van der Waals surface area contributed by atoms with E-state index < -0.39 is 10.9 Å². The first-order valence-corrected chi connectivity index (χ1v) is 7.27. The summed E-state index contributed by atoms with van der Waals surface area (Å²) in [5.74, 6) is -0.888. The summed E-state index contributed by atoms with van der Waals surface area (Å²) in [7, 11) is 0. The van der Waals surface area contributed by atoms with E-state index in [1.807, 2.05) is 4.90 Å². The number of hydrogen-bond donors (Lipinski definition) is 1. The van der Waals surface area contributed by atoms with Crippen LogP contribution in [0.25, 0.3) is 0 Å². The largest absolute Gasteiger partial charge is 0.481 e. The van der Waals surface area contributed by atoms with Crippen molar-refractivity contribution in [1.82, 2.24) is 0 Å². The molecule has 0 bridgehead atoms. The molecule has 0 aromatic heterocycles. The number of carboxylic acid groups (broad SMARTS) is 1. The number of rotatable bonds is 4. The summed E-state index contributed by atoms with van der Waals surface area (Å²) in [6.07, 6.45) is 2.57. The molecule has 1 fully saturated rings. The fourth-order valence-corrected chi connectivity index (χ4v) is 3.33. The third-order valence-corrected chi connectivity index (χ3v) is 4.11. The van der Waals surface area contributed by atoms with Crippen LogP contribution in [-0.4, -0.2) is 28.6 Å². The monoisotopic (exact) mass is 332 g/mol. The van der Waals surface area contributed by atoms with E-state index in [9.17, 15) is 14.9 Å². The van der Waals surface area contributed by atoms with E-state index in [1.165, 1.54) is 12.1 Å². The molecule has 6 nitrogen and oxygen atoms in total. The van der Waals surface area contributed by atoms with Crippen LogP contribution in [0.3, 0.4) is 0 Å². The first kappa shape index (κ1) is 15.9. The molecule has 0 aliphatic carbocycles. The van der Waals surface area contributed by atoms with Crippen LogP contribution in [0.2, 0.25) is 10.0 Å². The number of carboxylic acids is 1. The number of benzene rings is 1. The molecule has 1 aromatic carbocycles. The van der Waals surface area contributed by atoms with Crippen molar-refractivity contribution in [2.75, 3.05) is 11.4 Å². The molecule has 1 N–H and O–H groups in total. The number of anilines is 1. The lowest BCUT2D eigenvalue weighted by atomic mass is 9.98. The lowest BCUT2D eigenvalue weighted by Crippen LogP contribution is -2.41. The molecule has 0 radical (unpaired) electrons. The van der Waals surface area contributed by atoms with Crippen molar-refractivity contribution in [1.29, 1.82) is 0 Å². The van der Waals surface area contributed by atoms with Crippen molar-refractivity contribution in [2.24, 2.45) is 0 Å². The van der Waals surface area contributed by atoms with Crippen LogP contribution in [0.5, 0.6) is 0 Å². The van der Waals surface area contributed by atoms with Gasteiger partial charge in [0.1, 0.15) is 0 Å². The van der Waals surface area contributed by atoms with Gasteiger partial charge in [0.2, 0.25) is 0 Å². The molecule has 1 aliphatic rings. The maximum Gasteiger partial charge on any atom is 0.305 e. The summed E-state index contributed by atoms with van der Waals surface area (Å²) < 4.78 is 0. The van der Waals surface area contributed by atoms with Gasteiger partial charge in [-0.2, -0.15) is 0 Å². The highest BCUT2D eigenvalue weighted by Crippen LogP contribution is 2.40. The number of piperidine rings is 1. The van der Waals surface area contributed by atoms with Gasteiger partial charge >= 0.3 is 5.97 Å². The Morgan fingerprint density at radius 2 is 2.00 bits per heavy atom. The Kier molecular flexibility index (Phi) is 4.90. The van der Waals surface area contributed by atoms with Gasteiger partial charge in [-0.15, -0.1) is 0 Å². The van der Waals surface area contributed by atoms with E-state index in [4.69, 9.17) is 28.3 Å². The maximum absolute atomic E-state index is 11.0. The lowest BCUT2D eigenvalue weighted by molar-refractivity contribution is -0.384. The predicted octanol–water partition coefficient (Wildman–Crippen LogP) is 3.74. The van der Waals surface area contributed by atoms with Gasteiger partial charge in [-0.3, -0.25) is 14.9 Å². The fraction of sp³-hybridized carbons (Fsp3) is 0.462.